The van der Waals surface area contributed by atoms with Gasteiger partial charge >= 0.3 is 19.5 Å². The minimum Gasteiger partial charge on any atom is -0.481 e. The van der Waals surface area contributed by atoms with Gasteiger partial charge in [0.05, 0.1) is 13.2 Å². The Hall–Kier alpha value is -2.39. The van der Waals surface area contributed by atoms with Crippen LogP contribution in [0.15, 0.2) is 17.1 Å². The Morgan fingerprint density at radius 2 is 1.35 bits per heavy atom. The number of nitrogen functional groups attached to an aromatic ring is 1. The van der Waals surface area contributed by atoms with Crippen molar-refractivity contribution in [3.05, 3.63) is 22.7 Å². The number of aromatic nitrogens is 2. The van der Waals surface area contributed by atoms with Crippen LogP contribution in [0.3, 0.4) is 0 Å². The molecule has 0 amide bonds. The van der Waals surface area contributed by atoms with Gasteiger partial charge in [-0.15, -0.1) is 0 Å². The predicted molar refractivity (Wildman–Crippen MR) is 189 cm³/mol. The van der Waals surface area contributed by atoms with E-state index in [-0.39, 0.29) is 12.1 Å². The minimum absolute atomic E-state index is 0.0537. The van der Waals surface area contributed by atoms with Gasteiger partial charge in [-0.05, 0) is 12.5 Å². The number of anilines is 1. The van der Waals surface area contributed by atoms with Crippen molar-refractivity contribution in [3.8, 4) is 0 Å². The minimum atomic E-state index is -4.64. The number of carboxylic acids is 1. The Morgan fingerprint density at radius 1 is 0.904 bits per heavy atom. The monoisotopic (exact) mass is 775 g/mol. The van der Waals surface area contributed by atoms with Crippen LogP contribution in [0, 0.1) is 0 Å². The number of unbranched alkanes of at least 4 members (excludes halogenated alkanes) is 14. The highest BCUT2D eigenvalue weighted by Gasteiger charge is 2.43. The maximum Gasteiger partial charge on any atom is 0.466 e. The summed E-state index contributed by atoms with van der Waals surface area (Å²) in [5.41, 5.74) is 4.63. The number of aldehydes is 1. The molecule has 0 aliphatic carbocycles. The van der Waals surface area contributed by atoms with Crippen molar-refractivity contribution in [1.82, 2.24) is 9.55 Å². The van der Waals surface area contributed by atoms with Crippen molar-refractivity contribution < 1.29 is 74.4 Å². The lowest BCUT2D eigenvalue weighted by molar-refractivity contribution is -0.137. The number of nitrogens with two attached hydrogens (primary N) is 1. The topological polar surface area (TPSA) is 344 Å². The molecule has 2 heterocycles. The number of rotatable bonds is 22. The van der Waals surface area contributed by atoms with E-state index in [1.807, 2.05) is 0 Å². The zero-order chi connectivity index (χ0) is 40.1. The highest BCUT2D eigenvalue weighted by atomic mass is 31.2. The second-order valence-electron chi connectivity index (χ2n) is 12.2. The number of hydrogen-bond acceptors (Lipinski definition) is 14. The van der Waals surface area contributed by atoms with E-state index in [0.717, 1.165) is 17.4 Å². The van der Waals surface area contributed by atoms with E-state index in [0.29, 0.717) is 6.42 Å². The summed E-state index contributed by atoms with van der Waals surface area (Å²) >= 11 is 0. The molecule has 0 saturated carbocycles. The summed E-state index contributed by atoms with van der Waals surface area (Å²) in [7, 11) is -4.64. The fraction of sp³-hybridized carbons (Fsp3) is 0.812. The lowest BCUT2D eigenvalue weighted by Crippen LogP contribution is -2.40. The van der Waals surface area contributed by atoms with Crippen LogP contribution in [0.1, 0.15) is 116 Å². The standard InChI is InChI=1S/C18H36O2.C9H13N3O5.C5H10O5.H3O4P/c1-2-3-4-5-6-7-8-9-10-11-12-13-14-15-16-17-18(19)20;10-5-1-2-12(9(16)11-5)8-7(15)6(14)4(3-13)17-8;6-1-3(8)5(10)4(9)2-7;1-5(2,3)4/h2-17H2,1H3,(H,19,20);1-2,4,6-8,13-15H,3H2,(H2,10,11,16);1,3-5,7-10H,2H2;(H3,1,2,3,4)/t;4-,6-,7-,8-;;/m.1../s1. The number of carbonyl (C=O) groups is 2. The van der Waals surface area contributed by atoms with Gasteiger partial charge in [-0.3, -0.25) is 9.36 Å². The zero-order valence-electron chi connectivity index (χ0n) is 29.9. The van der Waals surface area contributed by atoms with Gasteiger partial charge in [-0.2, -0.15) is 4.98 Å². The van der Waals surface area contributed by atoms with Crippen LogP contribution in [0.5, 0.6) is 0 Å². The van der Waals surface area contributed by atoms with Gasteiger partial charge in [0, 0.05) is 12.6 Å². The first-order valence-corrected chi connectivity index (χ1v) is 19.1. The summed E-state index contributed by atoms with van der Waals surface area (Å²) in [5, 5.41) is 70.7. The smallest absolute Gasteiger partial charge is 0.466 e. The van der Waals surface area contributed by atoms with Crippen molar-refractivity contribution in [2.45, 2.75) is 153 Å². The van der Waals surface area contributed by atoms with Crippen molar-refractivity contribution in [1.29, 1.82) is 0 Å². The molecule has 1 aliphatic rings. The SMILES string of the molecule is CCCCCCCCCCCCCCCCCC(=O)O.Nc1ccn([C@@H]2O[C@H](CO)[C@@H](O)[C@H]2O)c(=O)n1.O=CC(O)C(O)C(O)CO.O=P(O)(O)O. The summed E-state index contributed by atoms with van der Waals surface area (Å²) in [6.07, 6.45) is 12.3. The van der Waals surface area contributed by atoms with Crippen molar-refractivity contribution in [2.75, 3.05) is 18.9 Å². The van der Waals surface area contributed by atoms with Gasteiger partial charge in [-0.1, -0.05) is 96.8 Å². The molecule has 13 N–H and O–H groups in total. The maximum absolute atomic E-state index is 11.5. The van der Waals surface area contributed by atoms with Gasteiger partial charge in [0.2, 0.25) is 0 Å². The molecule has 20 heteroatoms. The average molecular weight is 776 g/mol. The predicted octanol–water partition coefficient (Wildman–Crippen LogP) is 0.101. The van der Waals surface area contributed by atoms with Gasteiger partial charge in [0.1, 0.15) is 42.4 Å². The van der Waals surface area contributed by atoms with Gasteiger partial charge in [0.15, 0.2) is 12.5 Å². The van der Waals surface area contributed by atoms with Crippen LogP contribution in [0.4, 0.5) is 5.82 Å². The third-order valence-electron chi connectivity index (χ3n) is 7.71. The molecule has 1 saturated heterocycles. The van der Waals surface area contributed by atoms with E-state index in [2.05, 4.69) is 11.9 Å². The first-order chi connectivity index (χ1) is 24.4. The summed E-state index contributed by atoms with van der Waals surface area (Å²) in [6.45, 7) is 1.13. The molecule has 0 radical (unpaired) electrons. The Balaban J connectivity index is 0. The van der Waals surface area contributed by atoms with E-state index < -0.39 is 75.5 Å². The van der Waals surface area contributed by atoms with Crippen molar-refractivity contribution in [3.63, 3.8) is 0 Å². The molecule has 3 unspecified atom stereocenters. The Labute approximate surface area is 304 Å². The number of nitrogens with zero attached hydrogens (tertiary/aromatic N) is 2. The zero-order valence-corrected chi connectivity index (χ0v) is 30.8. The first kappa shape index (κ1) is 51.7. The molecule has 1 aliphatic heterocycles. The summed E-state index contributed by atoms with van der Waals surface area (Å²) < 4.78 is 15.1. The van der Waals surface area contributed by atoms with E-state index in [9.17, 15) is 24.6 Å². The van der Waals surface area contributed by atoms with Crippen LogP contribution in [0.2, 0.25) is 0 Å². The van der Waals surface area contributed by atoms with Crippen LogP contribution < -0.4 is 11.4 Å². The average Bonchev–Trinajstić information content (AvgIpc) is 3.37. The van der Waals surface area contributed by atoms with E-state index in [1.165, 1.54) is 95.7 Å². The molecule has 0 spiro atoms. The van der Waals surface area contributed by atoms with Crippen molar-refractivity contribution in [2.24, 2.45) is 0 Å². The fourth-order valence-corrected chi connectivity index (χ4v) is 4.79. The normalized spacial score (nSPS) is 19.8. The quantitative estimate of drug-likeness (QED) is 0.0422. The second kappa shape index (κ2) is 31.0. The number of ether oxygens (including phenoxy) is 1. The molecule has 1 fully saturated rings. The van der Waals surface area contributed by atoms with E-state index in [4.69, 9.17) is 60.4 Å². The summed E-state index contributed by atoms with van der Waals surface area (Å²) in [6, 6.07) is 1.37. The molecule has 1 aromatic rings. The number of carbonyl (C=O) groups excluding carboxylic acids is 1. The molecule has 306 valence electrons. The van der Waals surface area contributed by atoms with Crippen LogP contribution >= 0.6 is 7.82 Å². The maximum atomic E-state index is 11.5. The third-order valence-corrected chi connectivity index (χ3v) is 7.71. The molecular formula is C32H62N3O16P. The summed E-state index contributed by atoms with van der Waals surface area (Å²) in [4.78, 5) is 56.6. The van der Waals surface area contributed by atoms with Gasteiger partial charge < -0.3 is 70.8 Å². The Bertz CT molecular complexity index is 1150. The highest BCUT2D eigenvalue weighted by molar-refractivity contribution is 7.45. The second-order valence-corrected chi connectivity index (χ2v) is 13.3. The molecule has 0 bridgehead atoms. The number of aliphatic hydroxyl groups is 7. The summed E-state index contributed by atoms with van der Waals surface area (Å²) in [5.74, 6) is -0.599. The molecule has 1 aromatic heterocycles. The number of carboxylic acid groups (broad SMARTS) is 1. The van der Waals surface area contributed by atoms with Crippen LogP contribution in [0.25, 0.3) is 0 Å². The van der Waals surface area contributed by atoms with Crippen LogP contribution in [-0.2, 0) is 18.9 Å². The van der Waals surface area contributed by atoms with E-state index >= 15 is 0 Å². The fourth-order valence-electron chi connectivity index (χ4n) is 4.79. The van der Waals surface area contributed by atoms with Crippen molar-refractivity contribution >= 4 is 25.9 Å². The van der Waals surface area contributed by atoms with E-state index in [1.54, 1.807) is 0 Å². The Morgan fingerprint density at radius 3 is 1.69 bits per heavy atom. The number of phosphoric acid groups is 1. The molecule has 2 rings (SSSR count). The first-order valence-electron chi connectivity index (χ1n) is 17.5. The number of aliphatic carboxylic acids is 1. The van der Waals surface area contributed by atoms with Gasteiger partial charge in [0.25, 0.3) is 0 Å². The number of aliphatic hydroxyl groups excluding tert-OH is 7. The largest absolute Gasteiger partial charge is 0.481 e. The molecule has 19 nitrogen and oxygen atoms in total. The molecule has 0 aromatic carbocycles. The molecule has 52 heavy (non-hydrogen) atoms. The molecule has 7 atom stereocenters. The van der Waals surface area contributed by atoms with Gasteiger partial charge in [-0.25, -0.2) is 9.36 Å². The molecular weight excluding hydrogens is 713 g/mol. The lowest BCUT2D eigenvalue weighted by atomic mass is 10.0. The number of hydrogen-bond donors (Lipinski definition) is 12. The Kier molecular flexibility index (Phi) is 30.8. The highest BCUT2D eigenvalue weighted by Crippen LogP contribution is 2.28. The lowest BCUT2D eigenvalue weighted by Gasteiger charge is -2.16. The third kappa shape index (κ3) is 27.2. The van der Waals surface area contributed by atoms with Crippen LogP contribution in [-0.4, -0.2) is 127 Å².